The summed E-state index contributed by atoms with van der Waals surface area (Å²) in [6, 6.07) is 10.3. The second kappa shape index (κ2) is 8.78. The van der Waals surface area contributed by atoms with E-state index in [-0.39, 0.29) is 16.4 Å². The lowest BCUT2D eigenvalue weighted by Crippen LogP contribution is -2.40. The summed E-state index contributed by atoms with van der Waals surface area (Å²) in [7, 11) is 0. The molecule has 1 aliphatic heterocycles. The smallest absolute Gasteiger partial charge is 0.310 e. The van der Waals surface area contributed by atoms with Crippen LogP contribution >= 0.6 is 11.6 Å². The molecular weight excluding hydrogens is 418 g/mol. The van der Waals surface area contributed by atoms with Crippen molar-refractivity contribution in [2.45, 2.75) is 25.6 Å². The molecule has 30 heavy (non-hydrogen) atoms. The normalized spacial score (nSPS) is 15.8. The average molecular weight is 434 g/mol. The molecule has 10 nitrogen and oxygen atoms in total. The highest BCUT2D eigenvalue weighted by molar-refractivity contribution is 6.34. The third kappa shape index (κ3) is 4.84. The minimum absolute atomic E-state index is 0.0398. The summed E-state index contributed by atoms with van der Waals surface area (Å²) in [5, 5.41) is 15.7. The SMILES string of the molecule is C[C@H](OC(=O)C[C@@H]1Oc2ccccc2NC1=O)C(=O)Nc1ccc([N+](=O)[O-])cc1Cl. The van der Waals surface area contributed by atoms with Gasteiger partial charge in [0.2, 0.25) is 0 Å². The molecule has 2 aromatic carbocycles. The number of anilines is 2. The van der Waals surface area contributed by atoms with E-state index in [0.717, 1.165) is 6.07 Å². The van der Waals surface area contributed by atoms with Crippen LogP contribution in [0.5, 0.6) is 5.75 Å². The Hall–Kier alpha value is -3.66. The number of amides is 2. The molecule has 0 unspecified atom stereocenters. The largest absolute Gasteiger partial charge is 0.478 e. The van der Waals surface area contributed by atoms with Crippen molar-refractivity contribution in [2.24, 2.45) is 0 Å². The number of rotatable bonds is 6. The first-order valence-electron chi connectivity index (χ1n) is 8.75. The van der Waals surface area contributed by atoms with E-state index < -0.39 is 41.3 Å². The number of carbonyl (C=O) groups is 3. The summed E-state index contributed by atoms with van der Waals surface area (Å²) < 4.78 is 10.6. The van der Waals surface area contributed by atoms with Gasteiger partial charge < -0.3 is 20.1 Å². The van der Waals surface area contributed by atoms with Gasteiger partial charge in [-0.05, 0) is 25.1 Å². The van der Waals surface area contributed by atoms with Gasteiger partial charge in [-0.25, -0.2) is 0 Å². The molecule has 0 radical (unpaired) electrons. The summed E-state index contributed by atoms with van der Waals surface area (Å²) in [6.07, 6.45) is -2.69. The number of esters is 1. The Kier molecular flexibility index (Phi) is 6.17. The van der Waals surface area contributed by atoms with Crippen molar-refractivity contribution in [3.05, 3.63) is 57.6 Å². The van der Waals surface area contributed by atoms with Crippen LogP contribution in [-0.2, 0) is 19.1 Å². The fourth-order valence-electron chi connectivity index (χ4n) is 2.63. The Morgan fingerprint density at radius 2 is 2.07 bits per heavy atom. The van der Waals surface area contributed by atoms with Gasteiger partial charge in [-0.1, -0.05) is 23.7 Å². The Morgan fingerprint density at radius 1 is 1.33 bits per heavy atom. The van der Waals surface area contributed by atoms with Crippen LogP contribution in [0.2, 0.25) is 5.02 Å². The van der Waals surface area contributed by atoms with Gasteiger partial charge >= 0.3 is 5.97 Å². The number of ether oxygens (including phenoxy) is 2. The van der Waals surface area contributed by atoms with Crippen molar-refractivity contribution in [2.75, 3.05) is 10.6 Å². The maximum Gasteiger partial charge on any atom is 0.310 e. The van der Waals surface area contributed by atoms with Crippen molar-refractivity contribution < 1.29 is 28.8 Å². The summed E-state index contributed by atoms with van der Waals surface area (Å²) in [5.74, 6) is -1.58. The van der Waals surface area contributed by atoms with Gasteiger partial charge in [0.25, 0.3) is 17.5 Å². The van der Waals surface area contributed by atoms with Crippen LogP contribution < -0.4 is 15.4 Å². The molecule has 156 valence electrons. The molecule has 2 atom stereocenters. The standard InChI is InChI=1S/C19H16ClN3O7/c1-10(18(25)21-13-7-6-11(23(27)28)8-12(13)20)29-17(24)9-16-19(26)22-14-4-2-3-5-15(14)30-16/h2-8,10,16H,9H2,1H3,(H,21,25)(H,22,26)/t10-,16-/m0/s1. The maximum atomic E-state index is 12.2. The molecule has 11 heteroatoms. The first kappa shape index (κ1) is 21.1. The molecular formula is C19H16ClN3O7. The number of hydrogen-bond donors (Lipinski definition) is 2. The van der Waals surface area contributed by atoms with E-state index in [2.05, 4.69) is 10.6 Å². The lowest BCUT2D eigenvalue weighted by Gasteiger charge is -2.25. The number of hydrogen-bond acceptors (Lipinski definition) is 7. The number of para-hydroxylation sites is 2. The monoisotopic (exact) mass is 433 g/mol. The predicted molar refractivity (Wildman–Crippen MR) is 106 cm³/mol. The van der Waals surface area contributed by atoms with E-state index in [0.29, 0.717) is 11.4 Å². The zero-order valence-corrected chi connectivity index (χ0v) is 16.3. The number of nitrogens with one attached hydrogen (secondary N) is 2. The van der Waals surface area contributed by atoms with Gasteiger partial charge in [-0.15, -0.1) is 0 Å². The van der Waals surface area contributed by atoms with Crippen molar-refractivity contribution in [3.63, 3.8) is 0 Å². The van der Waals surface area contributed by atoms with Crippen molar-refractivity contribution in [3.8, 4) is 5.75 Å². The first-order valence-corrected chi connectivity index (χ1v) is 9.13. The third-order valence-electron chi connectivity index (χ3n) is 4.16. The molecule has 0 fully saturated rings. The van der Waals surface area contributed by atoms with E-state index in [1.165, 1.54) is 19.1 Å². The van der Waals surface area contributed by atoms with Gasteiger partial charge in [0.1, 0.15) is 5.75 Å². The predicted octanol–water partition coefficient (Wildman–Crippen LogP) is 2.91. The van der Waals surface area contributed by atoms with Gasteiger partial charge in [-0.2, -0.15) is 0 Å². The number of fused-ring (bicyclic) bond motifs is 1. The number of nitrogens with zero attached hydrogens (tertiary/aromatic N) is 1. The summed E-state index contributed by atoms with van der Waals surface area (Å²) in [5.41, 5.74) is 0.395. The highest BCUT2D eigenvalue weighted by atomic mass is 35.5. The molecule has 0 saturated heterocycles. The van der Waals surface area contributed by atoms with Crippen LogP contribution in [0.4, 0.5) is 17.1 Å². The Balaban J connectivity index is 1.56. The van der Waals surface area contributed by atoms with Crippen LogP contribution in [-0.4, -0.2) is 34.9 Å². The average Bonchev–Trinajstić information content (AvgIpc) is 2.69. The quantitative estimate of drug-likeness (QED) is 0.406. The van der Waals surface area contributed by atoms with Crippen molar-refractivity contribution in [1.29, 1.82) is 0 Å². The van der Waals surface area contributed by atoms with E-state index >= 15 is 0 Å². The molecule has 2 aromatic rings. The number of non-ortho nitro benzene ring substituents is 1. The molecule has 1 heterocycles. The molecule has 3 rings (SSSR count). The second-order valence-electron chi connectivity index (χ2n) is 6.34. The number of nitro groups is 1. The third-order valence-corrected chi connectivity index (χ3v) is 4.47. The van der Waals surface area contributed by atoms with Crippen LogP contribution in [0.25, 0.3) is 0 Å². The molecule has 0 spiro atoms. The number of benzene rings is 2. The van der Waals surface area contributed by atoms with Gasteiger partial charge in [-0.3, -0.25) is 24.5 Å². The lowest BCUT2D eigenvalue weighted by molar-refractivity contribution is -0.384. The minimum atomic E-state index is -1.21. The second-order valence-corrected chi connectivity index (χ2v) is 6.75. The zero-order chi connectivity index (χ0) is 21.8. The molecule has 0 bridgehead atoms. The van der Waals surface area contributed by atoms with Crippen molar-refractivity contribution in [1.82, 2.24) is 0 Å². The van der Waals surface area contributed by atoms with E-state index in [1.54, 1.807) is 24.3 Å². The van der Waals surface area contributed by atoms with Gasteiger partial charge in [0.05, 0.1) is 27.7 Å². The van der Waals surface area contributed by atoms with E-state index in [1.807, 2.05) is 0 Å². The van der Waals surface area contributed by atoms with Gasteiger partial charge in [0, 0.05) is 12.1 Å². The van der Waals surface area contributed by atoms with Crippen molar-refractivity contribution >= 4 is 46.4 Å². The van der Waals surface area contributed by atoms with Gasteiger partial charge in [0.15, 0.2) is 12.2 Å². The molecule has 0 saturated carbocycles. The minimum Gasteiger partial charge on any atom is -0.478 e. The van der Waals surface area contributed by atoms with Crippen LogP contribution in [0.3, 0.4) is 0 Å². The van der Waals surface area contributed by atoms with Crippen LogP contribution in [0.1, 0.15) is 13.3 Å². The Bertz CT molecular complexity index is 1030. The molecule has 2 amide bonds. The fourth-order valence-corrected chi connectivity index (χ4v) is 2.85. The molecule has 0 aliphatic carbocycles. The zero-order valence-electron chi connectivity index (χ0n) is 15.6. The number of carbonyl (C=O) groups excluding carboxylic acids is 3. The maximum absolute atomic E-state index is 12.2. The highest BCUT2D eigenvalue weighted by Crippen LogP contribution is 2.30. The summed E-state index contributed by atoms with van der Waals surface area (Å²) in [6.45, 7) is 1.34. The van der Waals surface area contributed by atoms with Crippen LogP contribution in [0.15, 0.2) is 42.5 Å². The van der Waals surface area contributed by atoms with E-state index in [4.69, 9.17) is 21.1 Å². The number of halogens is 1. The topological polar surface area (TPSA) is 137 Å². The highest BCUT2D eigenvalue weighted by Gasteiger charge is 2.31. The first-order chi connectivity index (χ1) is 14.2. The fraction of sp³-hybridized carbons (Fsp3) is 0.211. The van der Waals surface area contributed by atoms with Crippen LogP contribution in [0, 0.1) is 10.1 Å². The molecule has 0 aromatic heterocycles. The lowest BCUT2D eigenvalue weighted by atomic mass is 10.1. The number of nitro benzene ring substituents is 1. The molecule has 1 aliphatic rings. The Morgan fingerprint density at radius 3 is 2.77 bits per heavy atom. The summed E-state index contributed by atoms with van der Waals surface area (Å²) in [4.78, 5) is 46.6. The summed E-state index contributed by atoms with van der Waals surface area (Å²) >= 11 is 5.93. The van der Waals surface area contributed by atoms with E-state index in [9.17, 15) is 24.5 Å². The Labute approximate surface area is 175 Å². The molecule has 2 N–H and O–H groups in total.